The number of hydrogen-bond donors (Lipinski definition) is 3. The Kier molecular flexibility index (Phi) is 1.42. The van der Waals surface area contributed by atoms with Crippen LogP contribution in [0.1, 0.15) is 5.56 Å². The molecule has 0 radical (unpaired) electrons. The fraction of sp³-hybridized carbons (Fsp3) is 0. The molecule has 0 saturated heterocycles. The quantitative estimate of drug-likeness (QED) is 0.497. The van der Waals surface area contributed by atoms with Gasteiger partial charge in [0.05, 0.1) is 0 Å². The van der Waals surface area contributed by atoms with Crippen molar-refractivity contribution in [3.63, 3.8) is 0 Å². The lowest BCUT2D eigenvalue weighted by atomic mass is 10.3. The highest BCUT2D eigenvalue weighted by Crippen LogP contribution is 1.96. The fourth-order valence-electron chi connectivity index (χ4n) is 0.839. The first-order valence-electron chi connectivity index (χ1n) is 3.21. The molecule has 0 atom stereocenters. The van der Waals surface area contributed by atoms with E-state index in [1.165, 1.54) is 0 Å². The predicted octanol–water partition coefficient (Wildman–Crippen LogP) is -0.644. The van der Waals surface area contributed by atoms with Gasteiger partial charge in [-0.25, -0.2) is 5.53 Å². The molecule has 2 rings (SSSR count). The summed E-state index contributed by atoms with van der Waals surface area (Å²) >= 11 is 0. The van der Waals surface area contributed by atoms with Crippen molar-refractivity contribution in [2.75, 3.05) is 0 Å². The molecule has 11 heavy (non-hydrogen) atoms. The van der Waals surface area contributed by atoms with Crippen LogP contribution in [0, 0.1) is 0 Å². The van der Waals surface area contributed by atoms with Crippen LogP contribution in [0.3, 0.4) is 0 Å². The molecule has 0 aromatic carbocycles. The molecule has 0 spiro atoms. The molecule has 0 amide bonds. The lowest BCUT2D eigenvalue weighted by Crippen LogP contribution is -2.35. The second-order valence-corrected chi connectivity index (χ2v) is 2.06. The fourth-order valence-corrected chi connectivity index (χ4v) is 0.839. The van der Waals surface area contributed by atoms with Gasteiger partial charge in [0.1, 0.15) is 0 Å². The topological polar surface area (TPSA) is 61.3 Å². The zero-order chi connectivity index (χ0) is 7.52. The van der Waals surface area contributed by atoms with Gasteiger partial charge in [0, 0.05) is 18.0 Å². The van der Waals surface area contributed by atoms with E-state index in [0.717, 1.165) is 11.4 Å². The zero-order valence-corrected chi connectivity index (χ0v) is 5.70. The van der Waals surface area contributed by atoms with Crippen molar-refractivity contribution >= 4 is 5.84 Å². The molecule has 0 aliphatic carbocycles. The largest absolute Gasteiger partial charge is 0.285 e. The number of nitrogens with one attached hydrogen (secondary N) is 3. The molecule has 1 aromatic rings. The average molecular weight is 149 g/mol. The van der Waals surface area contributed by atoms with Gasteiger partial charge in [0.25, 0.3) is 0 Å². The maximum atomic E-state index is 3.95. The number of pyridine rings is 1. The average Bonchev–Trinajstić information content (AvgIpc) is 2.58. The minimum atomic E-state index is 0.748. The normalized spacial score (nSPS) is 15.1. The third kappa shape index (κ3) is 1.13. The first-order chi connectivity index (χ1) is 5.47. The molecule has 0 fully saturated rings. The zero-order valence-electron chi connectivity index (χ0n) is 5.70. The Morgan fingerprint density at radius 1 is 1.36 bits per heavy atom. The van der Waals surface area contributed by atoms with Gasteiger partial charge in [-0.05, 0) is 12.1 Å². The number of hydrazone groups is 1. The van der Waals surface area contributed by atoms with E-state index in [1.807, 2.05) is 12.1 Å². The minimum Gasteiger partial charge on any atom is -0.285 e. The van der Waals surface area contributed by atoms with Crippen LogP contribution in [0.15, 0.2) is 29.6 Å². The third-order valence-electron chi connectivity index (χ3n) is 1.34. The SMILES string of the molecule is c1cncc(C2=NNNN2)c1. The smallest absolute Gasteiger partial charge is 0.171 e. The van der Waals surface area contributed by atoms with Crippen LogP contribution < -0.4 is 16.5 Å². The van der Waals surface area contributed by atoms with Gasteiger partial charge in [-0.2, -0.15) is 0 Å². The summed E-state index contributed by atoms with van der Waals surface area (Å²) in [7, 11) is 0. The van der Waals surface area contributed by atoms with E-state index in [-0.39, 0.29) is 0 Å². The summed E-state index contributed by atoms with van der Waals surface area (Å²) in [4.78, 5) is 3.95. The Bertz CT molecular complexity index is 268. The molecular weight excluding hydrogens is 142 g/mol. The van der Waals surface area contributed by atoms with Crippen LogP contribution in [0.2, 0.25) is 0 Å². The summed E-state index contributed by atoms with van der Waals surface area (Å²) in [6, 6.07) is 3.78. The number of hydrogen-bond acceptors (Lipinski definition) is 5. The monoisotopic (exact) mass is 149 g/mol. The summed E-state index contributed by atoms with van der Waals surface area (Å²) < 4.78 is 0. The number of nitrogens with zero attached hydrogens (tertiary/aromatic N) is 2. The lowest BCUT2D eigenvalue weighted by Gasteiger charge is -1.97. The molecule has 3 N–H and O–H groups in total. The molecule has 2 heterocycles. The second kappa shape index (κ2) is 2.55. The third-order valence-corrected chi connectivity index (χ3v) is 1.34. The maximum absolute atomic E-state index is 3.95. The number of aromatic nitrogens is 1. The van der Waals surface area contributed by atoms with Crippen molar-refractivity contribution in [1.82, 2.24) is 21.5 Å². The molecule has 0 unspecified atom stereocenters. The van der Waals surface area contributed by atoms with E-state index in [2.05, 4.69) is 26.6 Å². The van der Waals surface area contributed by atoms with Crippen LogP contribution in [0.25, 0.3) is 0 Å². The summed E-state index contributed by atoms with van der Waals surface area (Å²) in [5.74, 6) is 0.748. The Hall–Kier alpha value is -1.62. The summed E-state index contributed by atoms with van der Waals surface area (Å²) in [6.07, 6.45) is 3.46. The van der Waals surface area contributed by atoms with Crippen LogP contribution >= 0.6 is 0 Å². The van der Waals surface area contributed by atoms with Gasteiger partial charge in [0.2, 0.25) is 0 Å². The molecule has 1 aliphatic rings. The van der Waals surface area contributed by atoms with Crippen molar-refractivity contribution in [2.24, 2.45) is 5.10 Å². The molecule has 0 bridgehead atoms. The van der Waals surface area contributed by atoms with Crippen molar-refractivity contribution in [3.05, 3.63) is 30.1 Å². The summed E-state index contributed by atoms with van der Waals surface area (Å²) in [5.41, 5.74) is 8.98. The molecule has 1 aromatic heterocycles. The van der Waals surface area contributed by atoms with E-state index < -0.39 is 0 Å². The van der Waals surface area contributed by atoms with E-state index >= 15 is 0 Å². The molecule has 5 heteroatoms. The maximum Gasteiger partial charge on any atom is 0.171 e. The van der Waals surface area contributed by atoms with Crippen LogP contribution in [-0.4, -0.2) is 10.8 Å². The predicted molar refractivity (Wildman–Crippen MR) is 40.2 cm³/mol. The molecule has 1 aliphatic heterocycles. The minimum absolute atomic E-state index is 0.748. The molecule has 0 saturated carbocycles. The Morgan fingerprint density at radius 3 is 3.00 bits per heavy atom. The molecule has 5 nitrogen and oxygen atoms in total. The van der Waals surface area contributed by atoms with Gasteiger partial charge in [-0.15, -0.1) is 10.6 Å². The van der Waals surface area contributed by atoms with Crippen LogP contribution in [-0.2, 0) is 0 Å². The Balaban J connectivity index is 2.29. The van der Waals surface area contributed by atoms with Gasteiger partial charge < -0.3 is 0 Å². The van der Waals surface area contributed by atoms with Gasteiger partial charge >= 0.3 is 0 Å². The van der Waals surface area contributed by atoms with Crippen LogP contribution in [0.4, 0.5) is 0 Å². The van der Waals surface area contributed by atoms with Gasteiger partial charge in [-0.1, -0.05) is 0 Å². The number of rotatable bonds is 1. The number of hydrazine groups is 2. The highest BCUT2D eigenvalue weighted by atomic mass is 15.8. The second-order valence-electron chi connectivity index (χ2n) is 2.06. The lowest BCUT2D eigenvalue weighted by molar-refractivity contribution is 0.577. The van der Waals surface area contributed by atoms with E-state index in [1.54, 1.807) is 12.4 Å². The van der Waals surface area contributed by atoms with E-state index in [0.29, 0.717) is 0 Å². The van der Waals surface area contributed by atoms with Crippen molar-refractivity contribution in [1.29, 1.82) is 0 Å². The van der Waals surface area contributed by atoms with E-state index in [4.69, 9.17) is 0 Å². The van der Waals surface area contributed by atoms with Gasteiger partial charge in [-0.3, -0.25) is 10.4 Å². The molecular formula is C6H7N5. The Morgan fingerprint density at radius 2 is 2.36 bits per heavy atom. The van der Waals surface area contributed by atoms with Crippen LogP contribution in [0.5, 0.6) is 0 Å². The highest BCUT2D eigenvalue weighted by Gasteiger charge is 2.05. The summed E-state index contributed by atoms with van der Waals surface area (Å²) in [5, 5.41) is 3.91. The first-order valence-corrected chi connectivity index (χ1v) is 3.21. The molecule has 56 valence electrons. The standard InChI is InChI=1S/C6H7N5/c1-2-5(4-7-3-1)6-8-10-11-9-6/h1-4,10-11H,(H,8,9). The summed E-state index contributed by atoms with van der Waals surface area (Å²) in [6.45, 7) is 0. The number of amidine groups is 1. The highest BCUT2D eigenvalue weighted by molar-refractivity contribution is 5.98. The first kappa shape index (κ1) is 6.11. The van der Waals surface area contributed by atoms with Crippen molar-refractivity contribution in [2.45, 2.75) is 0 Å². The van der Waals surface area contributed by atoms with Crippen molar-refractivity contribution < 1.29 is 0 Å². The van der Waals surface area contributed by atoms with Crippen molar-refractivity contribution in [3.8, 4) is 0 Å². The Labute approximate surface area is 63.5 Å². The van der Waals surface area contributed by atoms with E-state index in [9.17, 15) is 0 Å². The van der Waals surface area contributed by atoms with Gasteiger partial charge in [0.15, 0.2) is 5.84 Å².